The summed E-state index contributed by atoms with van der Waals surface area (Å²) < 4.78 is 6.71. The highest BCUT2D eigenvalue weighted by molar-refractivity contribution is 6.04. The second-order valence-corrected chi connectivity index (χ2v) is 7.01. The number of aromatic amines is 1. The average Bonchev–Trinajstić information content (AvgIpc) is 3.55. The van der Waals surface area contributed by atoms with Gasteiger partial charge in [0.05, 0.1) is 29.8 Å². The van der Waals surface area contributed by atoms with Crippen molar-refractivity contribution in [1.82, 2.24) is 15.2 Å². The van der Waals surface area contributed by atoms with Crippen molar-refractivity contribution in [1.29, 1.82) is 0 Å². The normalized spacial score (nSPS) is 13.9. The standard InChI is InChI=1S/C22H22N4O3/c1-14(23-24-21(27)16-8-9-16)19-20(15-10-12-18(29-2)13-11-15)25-26(22(19)28)17-6-4-3-5-7-17/h3-7,10-13,16,25H,8-9H2,1-2H3,(H,24,27). The summed E-state index contributed by atoms with van der Waals surface area (Å²) in [6.07, 6.45) is 1.78. The molecule has 4 rings (SSSR count). The fourth-order valence-corrected chi connectivity index (χ4v) is 3.13. The number of nitrogens with zero attached hydrogens (tertiary/aromatic N) is 2. The van der Waals surface area contributed by atoms with Gasteiger partial charge in [0.1, 0.15) is 5.75 Å². The van der Waals surface area contributed by atoms with E-state index in [1.807, 2.05) is 54.6 Å². The first kappa shape index (κ1) is 18.7. The van der Waals surface area contributed by atoms with E-state index in [-0.39, 0.29) is 17.4 Å². The topological polar surface area (TPSA) is 88.5 Å². The highest BCUT2D eigenvalue weighted by Crippen LogP contribution is 2.29. The second kappa shape index (κ2) is 7.79. The number of ether oxygens (including phenoxy) is 1. The molecule has 0 atom stereocenters. The smallest absolute Gasteiger partial charge is 0.281 e. The number of rotatable bonds is 6. The fourth-order valence-electron chi connectivity index (χ4n) is 3.13. The number of nitrogens with one attached hydrogen (secondary N) is 2. The molecule has 1 fully saturated rings. The van der Waals surface area contributed by atoms with Crippen molar-refractivity contribution < 1.29 is 9.53 Å². The summed E-state index contributed by atoms with van der Waals surface area (Å²) in [5, 5.41) is 7.40. The molecule has 0 bridgehead atoms. The molecule has 0 unspecified atom stereocenters. The van der Waals surface area contributed by atoms with E-state index in [1.165, 1.54) is 4.68 Å². The van der Waals surface area contributed by atoms with Crippen LogP contribution in [0.2, 0.25) is 0 Å². The van der Waals surface area contributed by atoms with Gasteiger partial charge in [0.2, 0.25) is 5.91 Å². The molecule has 1 aliphatic rings. The van der Waals surface area contributed by atoms with Crippen molar-refractivity contribution in [2.45, 2.75) is 19.8 Å². The summed E-state index contributed by atoms with van der Waals surface area (Å²) in [5.41, 5.74) is 5.37. The minimum absolute atomic E-state index is 0.0415. The lowest BCUT2D eigenvalue weighted by atomic mass is 10.1. The van der Waals surface area contributed by atoms with Gasteiger partial charge in [-0.2, -0.15) is 5.10 Å². The molecule has 1 aromatic heterocycles. The molecule has 2 N–H and O–H groups in total. The van der Waals surface area contributed by atoms with Crippen LogP contribution >= 0.6 is 0 Å². The van der Waals surface area contributed by atoms with Gasteiger partial charge in [-0.15, -0.1) is 0 Å². The third-order valence-electron chi connectivity index (χ3n) is 4.93. The van der Waals surface area contributed by atoms with E-state index in [0.717, 1.165) is 24.2 Å². The first-order valence-electron chi connectivity index (χ1n) is 9.48. The van der Waals surface area contributed by atoms with E-state index < -0.39 is 0 Å². The summed E-state index contributed by atoms with van der Waals surface area (Å²) in [6, 6.07) is 16.7. The predicted molar refractivity (Wildman–Crippen MR) is 111 cm³/mol. The highest BCUT2D eigenvalue weighted by atomic mass is 16.5. The minimum Gasteiger partial charge on any atom is -0.497 e. The molecule has 0 saturated heterocycles. The summed E-state index contributed by atoms with van der Waals surface area (Å²) in [5.74, 6) is 0.663. The summed E-state index contributed by atoms with van der Waals surface area (Å²) >= 11 is 0. The Kier molecular flexibility index (Phi) is 5.03. The number of hydrogen-bond donors (Lipinski definition) is 2. The molecule has 3 aromatic rings. The molecule has 148 valence electrons. The monoisotopic (exact) mass is 390 g/mol. The predicted octanol–water partition coefficient (Wildman–Crippen LogP) is 3.09. The van der Waals surface area contributed by atoms with Gasteiger partial charge in [-0.1, -0.05) is 18.2 Å². The molecule has 7 heteroatoms. The maximum Gasteiger partial charge on any atom is 0.281 e. The number of carbonyl (C=O) groups excluding carboxylic acids is 1. The SMILES string of the molecule is COc1ccc(-c2[nH]n(-c3ccccc3)c(=O)c2C(C)=NNC(=O)C2CC2)cc1. The van der Waals surface area contributed by atoms with Crippen LogP contribution in [0.25, 0.3) is 16.9 Å². The third-order valence-corrected chi connectivity index (χ3v) is 4.93. The Morgan fingerprint density at radius 3 is 2.45 bits per heavy atom. The summed E-state index contributed by atoms with van der Waals surface area (Å²) in [6.45, 7) is 1.72. The molecule has 1 aliphatic carbocycles. The molecule has 0 radical (unpaired) electrons. The number of hydrogen-bond acceptors (Lipinski definition) is 4. The molecule has 2 aromatic carbocycles. The zero-order valence-corrected chi connectivity index (χ0v) is 16.3. The van der Waals surface area contributed by atoms with Gasteiger partial charge in [-0.05, 0) is 56.2 Å². The number of hydrazone groups is 1. The Labute approximate surface area is 168 Å². The molecule has 0 aliphatic heterocycles. The Morgan fingerprint density at radius 1 is 1.14 bits per heavy atom. The van der Waals surface area contributed by atoms with Gasteiger partial charge in [-0.25, -0.2) is 10.1 Å². The van der Waals surface area contributed by atoms with Crippen LogP contribution in [0.3, 0.4) is 0 Å². The molecule has 7 nitrogen and oxygen atoms in total. The van der Waals surface area contributed by atoms with Crippen LogP contribution in [-0.4, -0.2) is 28.5 Å². The number of para-hydroxylation sites is 1. The molecule has 1 amide bonds. The fraction of sp³-hybridized carbons (Fsp3) is 0.227. The molecule has 0 spiro atoms. The van der Waals surface area contributed by atoms with E-state index in [0.29, 0.717) is 22.7 Å². The van der Waals surface area contributed by atoms with Crippen LogP contribution in [0.4, 0.5) is 0 Å². The van der Waals surface area contributed by atoms with Gasteiger partial charge in [-0.3, -0.25) is 14.7 Å². The van der Waals surface area contributed by atoms with Gasteiger partial charge in [0.15, 0.2) is 0 Å². The van der Waals surface area contributed by atoms with E-state index in [4.69, 9.17) is 4.74 Å². The molecule has 1 saturated carbocycles. The third kappa shape index (κ3) is 3.85. The van der Waals surface area contributed by atoms with Crippen molar-refractivity contribution in [2.24, 2.45) is 11.0 Å². The van der Waals surface area contributed by atoms with Crippen molar-refractivity contribution >= 4 is 11.6 Å². The van der Waals surface area contributed by atoms with Crippen molar-refractivity contribution in [3.05, 3.63) is 70.5 Å². The van der Waals surface area contributed by atoms with Crippen molar-refractivity contribution in [3.8, 4) is 22.7 Å². The van der Waals surface area contributed by atoms with E-state index in [1.54, 1.807) is 14.0 Å². The van der Waals surface area contributed by atoms with Crippen molar-refractivity contribution in [3.63, 3.8) is 0 Å². The number of carbonyl (C=O) groups is 1. The maximum atomic E-state index is 13.2. The Bertz CT molecular complexity index is 1110. The van der Waals surface area contributed by atoms with Gasteiger partial charge < -0.3 is 4.74 Å². The lowest BCUT2D eigenvalue weighted by Crippen LogP contribution is -2.24. The number of benzene rings is 2. The molecule has 1 heterocycles. The number of methoxy groups -OCH3 is 1. The zero-order valence-electron chi connectivity index (χ0n) is 16.3. The zero-order chi connectivity index (χ0) is 20.4. The van der Waals surface area contributed by atoms with Crippen molar-refractivity contribution in [2.75, 3.05) is 7.11 Å². The number of aromatic nitrogens is 2. The molecular weight excluding hydrogens is 368 g/mol. The van der Waals surface area contributed by atoms with Crippen LogP contribution in [0, 0.1) is 5.92 Å². The average molecular weight is 390 g/mol. The molecular formula is C22H22N4O3. The number of H-pyrrole nitrogens is 1. The first-order chi connectivity index (χ1) is 14.1. The minimum atomic E-state index is -0.232. The van der Waals surface area contributed by atoms with Crippen LogP contribution in [-0.2, 0) is 4.79 Å². The van der Waals surface area contributed by atoms with Gasteiger partial charge in [0.25, 0.3) is 5.56 Å². The Balaban J connectivity index is 1.80. The number of amides is 1. The summed E-state index contributed by atoms with van der Waals surface area (Å²) in [7, 11) is 1.60. The lowest BCUT2D eigenvalue weighted by Gasteiger charge is -2.05. The lowest BCUT2D eigenvalue weighted by molar-refractivity contribution is -0.122. The second-order valence-electron chi connectivity index (χ2n) is 7.01. The van der Waals surface area contributed by atoms with Gasteiger partial charge in [0, 0.05) is 11.5 Å². The molecule has 29 heavy (non-hydrogen) atoms. The van der Waals surface area contributed by atoms with Crippen LogP contribution in [0.1, 0.15) is 25.3 Å². The first-order valence-corrected chi connectivity index (χ1v) is 9.48. The van der Waals surface area contributed by atoms with Crippen LogP contribution < -0.4 is 15.7 Å². The van der Waals surface area contributed by atoms with E-state index in [2.05, 4.69) is 15.6 Å². The highest BCUT2D eigenvalue weighted by Gasteiger charge is 2.29. The van der Waals surface area contributed by atoms with Gasteiger partial charge >= 0.3 is 0 Å². The van der Waals surface area contributed by atoms with E-state index >= 15 is 0 Å². The Hall–Kier alpha value is -3.61. The van der Waals surface area contributed by atoms with Crippen LogP contribution in [0.15, 0.2) is 64.5 Å². The largest absolute Gasteiger partial charge is 0.497 e. The summed E-state index contributed by atoms with van der Waals surface area (Å²) in [4.78, 5) is 25.2. The van der Waals surface area contributed by atoms with Crippen LogP contribution in [0.5, 0.6) is 5.75 Å². The quantitative estimate of drug-likeness (QED) is 0.501. The maximum absolute atomic E-state index is 13.2. The van der Waals surface area contributed by atoms with E-state index in [9.17, 15) is 9.59 Å². The Morgan fingerprint density at radius 2 is 1.83 bits per heavy atom.